The number of amides is 2. The fourth-order valence-corrected chi connectivity index (χ4v) is 7.25. The predicted octanol–water partition coefficient (Wildman–Crippen LogP) is 5.17. The van der Waals surface area contributed by atoms with Crippen LogP contribution in [0.1, 0.15) is 41.0 Å². The molecule has 224 valence electrons. The monoisotopic (exact) mass is 682 g/mol. The summed E-state index contributed by atoms with van der Waals surface area (Å²) in [5, 5.41) is 14.9. The molecule has 4 aromatic rings. The highest BCUT2D eigenvalue weighted by Crippen LogP contribution is 2.25. The molecule has 0 radical (unpaired) electrons. The first-order chi connectivity index (χ1) is 20.7. The van der Waals surface area contributed by atoms with Gasteiger partial charge < -0.3 is 10.6 Å². The minimum Gasteiger partial charge on any atom is -0.345 e. The number of piperidine rings is 1. The summed E-state index contributed by atoms with van der Waals surface area (Å²) < 4.78 is 30.1. The lowest BCUT2D eigenvalue weighted by atomic mass is 10.2. The van der Waals surface area contributed by atoms with E-state index in [0.29, 0.717) is 29.6 Å². The fraction of sp³-hybridized carbons (Fsp3) is 0.267. The number of nitrogens with zero attached hydrogens (tertiary/aromatic N) is 4. The minimum atomic E-state index is -3.58. The summed E-state index contributed by atoms with van der Waals surface area (Å²) in [4.78, 5) is 25.8. The Balaban J connectivity index is 1.27. The molecule has 13 heteroatoms. The van der Waals surface area contributed by atoms with Crippen LogP contribution in [0.15, 0.2) is 87.3 Å². The maximum absolute atomic E-state index is 13.0. The maximum Gasteiger partial charge on any atom is 0.251 e. The number of carbonyl (C=O) groups is 2. The van der Waals surface area contributed by atoms with E-state index in [4.69, 9.17) is 0 Å². The largest absolute Gasteiger partial charge is 0.345 e. The molecule has 5 rings (SSSR count). The van der Waals surface area contributed by atoms with Crippen LogP contribution in [0, 0.1) is 6.92 Å². The Morgan fingerprint density at radius 1 is 0.953 bits per heavy atom. The Labute approximate surface area is 263 Å². The van der Waals surface area contributed by atoms with Gasteiger partial charge in [-0.05, 0) is 86.0 Å². The van der Waals surface area contributed by atoms with E-state index >= 15 is 0 Å². The zero-order valence-electron chi connectivity index (χ0n) is 23.5. The van der Waals surface area contributed by atoms with Gasteiger partial charge in [0.05, 0.1) is 17.2 Å². The summed E-state index contributed by atoms with van der Waals surface area (Å²) in [6.07, 6.45) is 2.74. The second kappa shape index (κ2) is 13.8. The molecule has 0 saturated carbocycles. The molecule has 1 fully saturated rings. The van der Waals surface area contributed by atoms with Crippen LogP contribution in [0.5, 0.6) is 0 Å². The van der Waals surface area contributed by atoms with Crippen LogP contribution in [-0.4, -0.2) is 58.1 Å². The van der Waals surface area contributed by atoms with E-state index < -0.39 is 10.0 Å². The van der Waals surface area contributed by atoms with E-state index in [1.165, 1.54) is 40.3 Å². The standard InChI is InChI=1S/C30H31BrN6O4S2/c1-21-6-5-7-24(18-21)33-28(38)20-42-30-35-34-27(37(30)25-12-10-23(31)11-13-25)19-32-29(39)22-8-14-26(15-9-22)43(40,41)36-16-3-2-4-17-36/h5-15,18H,2-4,16-17,19-20H2,1H3,(H,32,39)(H,33,38). The Hall–Kier alpha value is -3.52. The maximum atomic E-state index is 13.0. The van der Waals surface area contributed by atoms with E-state index in [1.54, 1.807) is 4.57 Å². The van der Waals surface area contributed by atoms with Crippen LogP contribution in [0.25, 0.3) is 5.69 Å². The molecule has 0 atom stereocenters. The van der Waals surface area contributed by atoms with Gasteiger partial charge in [0.2, 0.25) is 15.9 Å². The minimum absolute atomic E-state index is 0.0613. The van der Waals surface area contributed by atoms with Gasteiger partial charge in [-0.15, -0.1) is 10.2 Å². The molecule has 1 saturated heterocycles. The summed E-state index contributed by atoms with van der Waals surface area (Å²) >= 11 is 4.69. The zero-order valence-corrected chi connectivity index (χ0v) is 26.7. The predicted molar refractivity (Wildman–Crippen MR) is 170 cm³/mol. The van der Waals surface area contributed by atoms with Gasteiger partial charge in [-0.2, -0.15) is 4.31 Å². The molecule has 0 bridgehead atoms. The van der Waals surface area contributed by atoms with Gasteiger partial charge in [-0.1, -0.05) is 46.2 Å². The number of anilines is 1. The van der Waals surface area contributed by atoms with Crippen molar-refractivity contribution in [2.45, 2.75) is 42.8 Å². The van der Waals surface area contributed by atoms with Gasteiger partial charge in [0.15, 0.2) is 11.0 Å². The smallest absolute Gasteiger partial charge is 0.251 e. The van der Waals surface area contributed by atoms with Crippen LogP contribution >= 0.6 is 27.7 Å². The fourth-order valence-electron chi connectivity index (χ4n) is 4.70. The molecular weight excluding hydrogens is 652 g/mol. The Morgan fingerprint density at radius 2 is 1.67 bits per heavy atom. The molecule has 2 N–H and O–H groups in total. The van der Waals surface area contributed by atoms with Crippen molar-refractivity contribution in [1.82, 2.24) is 24.4 Å². The molecule has 2 amide bonds. The van der Waals surface area contributed by atoms with Crippen molar-refractivity contribution in [2.24, 2.45) is 0 Å². The lowest BCUT2D eigenvalue weighted by Crippen LogP contribution is -2.35. The number of halogens is 1. The van der Waals surface area contributed by atoms with Crippen molar-refractivity contribution in [3.8, 4) is 5.69 Å². The third-order valence-corrected chi connectivity index (χ3v) is 10.3. The van der Waals surface area contributed by atoms with E-state index in [-0.39, 0.29) is 29.0 Å². The molecule has 0 unspecified atom stereocenters. The van der Waals surface area contributed by atoms with Gasteiger partial charge in [0, 0.05) is 34.5 Å². The van der Waals surface area contributed by atoms with Crippen LogP contribution in [0.4, 0.5) is 5.69 Å². The van der Waals surface area contributed by atoms with Gasteiger partial charge >= 0.3 is 0 Å². The first kappa shape index (κ1) is 30.9. The number of hydrogen-bond acceptors (Lipinski definition) is 7. The second-order valence-corrected chi connectivity index (χ2v) is 13.9. The number of thioether (sulfide) groups is 1. The third-order valence-electron chi connectivity index (χ3n) is 6.90. The van der Waals surface area contributed by atoms with E-state index in [9.17, 15) is 18.0 Å². The van der Waals surface area contributed by atoms with Crippen molar-refractivity contribution in [1.29, 1.82) is 0 Å². The van der Waals surface area contributed by atoms with Gasteiger partial charge in [-0.3, -0.25) is 14.2 Å². The molecule has 3 aromatic carbocycles. The zero-order chi connectivity index (χ0) is 30.4. The van der Waals surface area contributed by atoms with Crippen LogP contribution in [0.3, 0.4) is 0 Å². The SMILES string of the molecule is Cc1cccc(NC(=O)CSc2nnc(CNC(=O)c3ccc(S(=O)(=O)N4CCCCC4)cc3)n2-c2ccc(Br)cc2)c1. The molecule has 1 aliphatic heterocycles. The average molecular weight is 684 g/mol. The Morgan fingerprint density at radius 3 is 2.37 bits per heavy atom. The van der Waals surface area contributed by atoms with Gasteiger partial charge in [0.1, 0.15) is 0 Å². The van der Waals surface area contributed by atoms with Crippen molar-refractivity contribution in [3.63, 3.8) is 0 Å². The average Bonchev–Trinajstić information content (AvgIpc) is 3.42. The highest BCUT2D eigenvalue weighted by molar-refractivity contribution is 9.10. The lowest BCUT2D eigenvalue weighted by molar-refractivity contribution is -0.113. The quantitative estimate of drug-likeness (QED) is 0.221. The number of nitrogens with one attached hydrogen (secondary N) is 2. The number of aromatic nitrogens is 3. The van der Waals surface area contributed by atoms with Crippen molar-refractivity contribution < 1.29 is 18.0 Å². The highest BCUT2D eigenvalue weighted by Gasteiger charge is 2.26. The molecule has 0 spiro atoms. The van der Waals surface area contributed by atoms with Crippen molar-refractivity contribution in [3.05, 3.63) is 94.2 Å². The van der Waals surface area contributed by atoms with Crippen molar-refractivity contribution in [2.75, 3.05) is 24.2 Å². The van der Waals surface area contributed by atoms with Crippen LogP contribution in [0.2, 0.25) is 0 Å². The van der Waals surface area contributed by atoms with E-state index in [2.05, 4.69) is 36.8 Å². The van der Waals surface area contributed by atoms with Gasteiger partial charge in [0.25, 0.3) is 5.91 Å². The number of rotatable bonds is 10. The summed E-state index contributed by atoms with van der Waals surface area (Å²) in [6.45, 7) is 3.05. The van der Waals surface area contributed by atoms with E-state index in [1.807, 2.05) is 55.5 Å². The van der Waals surface area contributed by atoms with Crippen molar-refractivity contribution >= 4 is 55.2 Å². The molecule has 1 aliphatic rings. The normalized spacial score (nSPS) is 13.9. The Kier molecular flexibility index (Phi) is 9.96. The van der Waals surface area contributed by atoms with Gasteiger partial charge in [-0.25, -0.2) is 8.42 Å². The summed E-state index contributed by atoms with van der Waals surface area (Å²) in [5.74, 6) is 0.0314. The highest BCUT2D eigenvalue weighted by atomic mass is 79.9. The first-order valence-corrected chi connectivity index (χ1v) is 17.0. The summed E-state index contributed by atoms with van der Waals surface area (Å²) in [7, 11) is -3.58. The molecular formula is C30H31BrN6O4S2. The number of sulfonamides is 1. The summed E-state index contributed by atoms with van der Waals surface area (Å²) in [5.41, 5.74) is 2.87. The second-order valence-electron chi connectivity index (χ2n) is 10.1. The number of carbonyl (C=O) groups excluding carboxylic acids is 2. The number of aryl methyl sites for hydroxylation is 1. The molecule has 10 nitrogen and oxygen atoms in total. The molecule has 43 heavy (non-hydrogen) atoms. The summed E-state index contributed by atoms with van der Waals surface area (Å²) in [6, 6.07) is 21.1. The number of hydrogen-bond donors (Lipinski definition) is 2. The van der Waals surface area contributed by atoms with E-state index in [0.717, 1.165) is 40.7 Å². The topological polar surface area (TPSA) is 126 Å². The Bertz CT molecular complexity index is 1700. The third kappa shape index (κ3) is 7.71. The number of benzene rings is 3. The molecule has 0 aliphatic carbocycles. The lowest BCUT2D eigenvalue weighted by Gasteiger charge is -2.25. The van der Waals surface area contributed by atoms with Crippen LogP contribution in [-0.2, 0) is 21.4 Å². The molecule has 2 heterocycles. The first-order valence-electron chi connectivity index (χ1n) is 13.8. The molecule has 1 aromatic heterocycles. The van der Waals surface area contributed by atoms with Crippen LogP contribution < -0.4 is 10.6 Å².